The van der Waals surface area contributed by atoms with Crippen LogP contribution in [0, 0.1) is 0 Å². The second kappa shape index (κ2) is 9.27. The summed E-state index contributed by atoms with van der Waals surface area (Å²) in [6.07, 6.45) is 2.98. The van der Waals surface area contributed by atoms with Gasteiger partial charge in [-0.05, 0) is 29.3 Å². The highest BCUT2D eigenvalue weighted by Crippen LogP contribution is 2.39. The Balaban J connectivity index is 2.00. The summed E-state index contributed by atoms with van der Waals surface area (Å²) in [5, 5.41) is 11.1. The molecule has 29 heavy (non-hydrogen) atoms. The lowest BCUT2D eigenvalue weighted by atomic mass is 9.95. The predicted octanol–water partition coefficient (Wildman–Crippen LogP) is 4.62. The number of allylic oxidation sites excluding steroid dienone is 1. The van der Waals surface area contributed by atoms with Crippen molar-refractivity contribution < 1.29 is 19.4 Å². The molecule has 1 N–H and O–H groups in total. The van der Waals surface area contributed by atoms with Crippen molar-refractivity contribution in [1.29, 1.82) is 0 Å². The predicted molar refractivity (Wildman–Crippen MR) is 113 cm³/mol. The topological polar surface area (TPSA) is 66.8 Å². The zero-order valence-electron chi connectivity index (χ0n) is 15.6. The number of halogens is 2. The van der Waals surface area contributed by atoms with E-state index in [1.165, 1.54) is 18.1 Å². The van der Waals surface area contributed by atoms with Crippen LogP contribution >= 0.6 is 23.2 Å². The van der Waals surface area contributed by atoms with Crippen molar-refractivity contribution in [3.05, 3.63) is 87.1 Å². The number of ketones is 1. The minimum atomic E-state index is -0.791. The van der Waals surface area contributed by atoms with Crippen LogP contribution in [0.1, 0.15) is 17.2 Å². The molecule has 0 bridgehead atoms. The van der Waals surface area contributed by atoms with Crippen molar-refractivity contribution in [2.45, 2.75) is 6.04 Å². The molecule has 0 aliphatic carbocycles. The molecule has 1 unspecified atom stereocenters. The fourth-order valence-corrected chi connectivity index (χ4v) is 3.49. The maximum absolute atomic E-state index is 13.0. The molecule has 0 saturated heterocycles. The average molecular weight is 432 g/mol. The molecule has 150 valence electrons. The van der Waals surface area contributed by atoms with Crippen LogP contribution in [0.2, 0.25) is 10.0 Å². The van der Waals surface area contributed by atoms with E-state index in [0.29, 0.717) is 15.6 Å². The first-order valence-corrected chi connectivity index (χ1v) is 9.65. The Hall–Kier alpha value is -2.60. The Labute approximate surface area is 178 Å². The molecule has 3 rings (SSSR count). The number of nitrogens with zero attached hydrogens (tertiary/aromatic N) is 1. The molecule has 0 saturated carbocycles. The molecular weight excluding hydrogens is 413 g/mol. The van der Waals surface area contributed by atoms with Crippen molar-refractivity contribution in [1.82, 2.24) is 4.90 Å². The van der Waals surface area contributed by atoms with Crippen LogP contribution in [-0.4, -0.2) is 42.0 Å². The average Bonchev–Trinajstić information content (AvgIpc) is 2.98. The van der Waals surface area contributed by atoms with Gasteiger partial charge in [-0.1, -0.05) is 65.7 Å². The molecule has 1 aliphatic heterocycles. The third-order valence-corrected chi connectivity index (χ3v) is 5.33. The molecule has 0 aromatic heterocycles. The van der Waals surface area contributed by atoms with Crippen molar-refractivity contribution in [3.8, 4) is 0 Å². The molecule has 0 spiro atoms. The quantitative estimate of drug-likeness (QED) is 0.649. The monoisotopic (exact) mass is 431 g/mol. The Morgan fingerprint density at radius 3 is 2.55 bits per heavy atom. The second-order valence-corrected chi connectivity index (χ2v) is 7.25. The maximum Gasteiger partial charge on any atom is 0.290 e. The van der Waals surface area contributed by atoms with Crippen LogP contribution in [0.25, 0.3) is 6.08 Å². The zero-order chi connectivity index (χ0) is 21.0. The molecular formula is C22H19Cl2NO4. The number of rotatable bonds is 7. The largest absolute Gasteiger partial charge is 0.503 e. The van der Waals surface area contributed by atoms with Crippen LogP contribution in [0.3, 0.4) is 0 Å². The molecule has 2 aromatic rings. The normalized spacial score (nSPS) is 16.9. The van der Waals surface area contributed by atoms with E-state index in [9.17, 15) is 14.7 Å². The fraction of sp³-hybridized carbons (Fsp3) is 0.182. The van der Waals surface area contributed by atoms with E-state index in [0.717, 1.165) is 5.56 Å². The van der Waals surface area contributed by atoms with E-state index in [1.807, 2.05) is 30.3 Å². The van der Waals surface area contributed by atoms with Crippen LogP contribution in [-0.2, 0) is 14.3 Å². The number of hydrogen-bond donors (Lipinski definition) is 1. The van der Waals surface area contributed by atoms with E-state index in [2.05, 4.69) is 0 Å². The lowest BCUT2D eigenvalue weighted by Gasteiger charge is -2.26. The summed E-state index contributed by atoms with van der Waals surface area (Å²) in [6, 6.07) is 13.3. The number of hydrogen-bond acceptors (Lipinski definition) is 4. The molecule has 1 aliphatic rings. The number of methoxy groups -OCH3 is 1. The summed E-state index contributed by atoms with van der Waals surface area (Å²) >= 11 is 12.2. The first kappa shape index (κ1) is 21.1. The van der Waals surface area contributed by atoms with Crippen molar-refractivity contribution >= 4 is 41.0 Å². The smallest absolute Gasteiger partial charge is 0.290 e. The van der Waals surface area contributed by atoms with Crippen LogP contribution < -0.4 is 0 Å². The van der Waals surface area contributed by atoms with Gasteiger partial charge in [0.05, 0.1) is 28.3 Å². The van der Waals surface area contributed by atoms with Crippen LogP contribution in [0.5, 0.6) is 0 Å². The highest BCUT2D eigenvalue weighted by molar-refractivity contribution is 6.42. The van der Waals surface area contributed by atoms with Gasteiger partial charge in [-0.25, -0.2) is 0 Å². The third kappa shape index (κ3) is 4.53. The first-order chi connectivity index (χ1) is 13.9. The summed E-state index contributed by atoms with van der Waals surface area (Å²) < 4.78 is 5.08. The van der Waals surface area contributed by atoms with E-state index in [1.54, 1.807) is 24.3 Å². The molecule has 5 nitrogen and oxygen atoms in total. The van der Waals surface area contributed by atoms with E-state index in [4.69, 9.17) is 27.9 Å². The minimum absolute atomic E-state index is 0.00308. The Morgan fingerprint density at radius 2 is 1.90 bits per heavy atom. The van der Waals surface area contributed by atoms with Gasteiger partial charge in [-0.2, -0.15) is 0 Å². The van der Waals surface area contributed by atoms with Gasteiger partial charge in [0.2, 0.25) is 0 Å². The first-order valence-electron chi connectivity index (χ1n) is 8.89. The molecule has 1 heterocycles. The van der Waals surface area contributed by atoms with Crippen LogP contribution in [0.15, 0.2) is 65.9 Å². The summed E-state index contributed by atoms with van der Waals surface area (Å²) in [4.78, 5) is 27.0. The van der Waals surface area contributed by atoms with Gasteiger partial charge in [-0.15, -0.1) is 0 Å². The number of benzene rings is 2. The van der Waals surface area contributed by atoms with E-state index < -0.39 is 23.5 Å². The lowest BCUT2D eigenvalue weighted by molar-refractivity contribution is -0.130. The summed E-state index contributed by atoms with van der Waals surface area (Å²) in [5.74, 6) is -1.66. The molecule has 1 atom stereocenters. The Morgan fingerprint density at radius 1 is 1.17 bits per heavy atom. The fourth-order valence-electron chi connectivity index (χ4n) is 3.18. The third-order valence-electron chi connectivity index (χ3n) is 4.59. The summed E-state index contributed by atoms with van der Waals surface area (Å²) in [7, 11) is 1.51. The van der Waals surface area contributed by atoms with Gasteiger partial charge in [0.25, 0.3) is 5.91 Å². The Kier molecular flexibility index (Phi) is 6.75. The minimum Gasteiger partial charge on any atom is -0.503 e. The molecule has 2 aromatic carbocycles. The molecule has 7 heteroatoms. The lowest BCUT2D eigenvalue weighted by Crippen LogP contribution is -2.33. The zero-order valence-corrected chi connectivity index (χ0v) is 17.2. The van der Waals surface area contributed by atoms with E-state index >= 15 is 0 Å². The molecule has 0 fully saturated rings. The van der Waals surface area contributed by atoms with Gasteiger partial charge >= 0.3 is 0 Å². The molecule has 1 amide bonds. The molecule has 0 radical (unpaired) electrons. The number of carbonyl (C=O) groups excluding carboxylic acids is 2. The number of aliphatic hydroxyl groups excluding tert-OH is 1. The van der Waals surface area contributed by atoms with Gasteiger partial charge in [0, 0.05) is 13.7 Å². The van der Waals surface area contributed by atoms with Crippen molar-refractivity contribution in [2.75, 3.05) is 20.3 Å². The van der Waals surface area contributed by atoms with Crippen molar-refractivity contribution in [2.24, 2.45) is 0 Å². The summed E-state index contributed by atoms with van der Waals surface area (Å²) in [6.45, 7) is 0.446. The van der Waals surface area contributed by atoms with Gasteiger partial charge in [0.1, 0.15) is 0 Å². The van der Waals surface area contributed by atoms with Gasteiger partial charge in [-0.3, -0.25) is 9.59 Å². The highest BCUT2D eigenvalue weighted by atomic mass is 35.5. The van der Waals surface area contributed by atoms with E-state index in [-0.39, 0.29) is 18.7 Å². The van der Waals surface area contributed by atoms with Gasteiger partial charge in [0.15, 0.2) is 11.5 Å². The summed E-state index contributed by atoms with van der Waals surface area (Å²) in [5.41, 5.74) is 1.40. The Bertz CT molecular complexity index is 986. The maximum atomic E-state index is 13.0. The number of carbonyl (C=O) groups is 2. The van der Waals surface area contributed by atoms with Crippen molar-refractivity contribution in [3.63, 3.8) is 0 Å². The number of aliphatic hydroxyl groups is 1. The second-order valence-electron chi connectivity index (χ2n) is 6.44. The van der Waals surface area contributed by atoms with Crippen LogP contribution in [0.4, 0.5) is 0 Å². The highest BCUT2D eigenvalue weighted by Gasteiger charge is 2.42. The standard InChI is InChI=1S/C22H19Cl2NO4/c1-29-12-11-25-20(15-8-9-16(23)17(24)13-15)19(21(27)22(25)28)18(26)10-7-14-5-3-2-4-6-14/h2-10,13,20,27H,11-12H2,1H3. The number of ether oxygens (including phenoxy) is 1. The number of amides is 1. The van der Waals surface area contributed by atoms with Gasteiger partial charge < -0.3 is 14.7 Å². The SMILES string of the molecule is COCCN1C(=O)C(O)=C(C(=O)C=Cc2ccccc2)C1c1ccc(Cl)c(Cl)c1.